The van der Waals surface area contributed by atoms with Crippen molar-refractivity contribution in [2.24, 2.45) is 10.4 Å². The topological polar surface area (TPSA) is 57.2 Å². The number of carbonyl (C=O) groups excluding carboxylic acids is 1. The summed E-state index contributed by atoms with van der Waals surface area (Å²) in [6.45, 7) is 12.1. The molecule has 144 valence electrons. The van der Waals surface area contributed by atoms with Gasteiger partial charge in [-0.15, -0.1) is 24.0 Å². The maximum Gasteiger partial charge on any atom is 0.410 e. The van der Waals surface area contributed by atoms with Crippen molar-refractivity contribution in [3.8, 4) is 0 Å². The standard InChI is InChI=1S/C18H32N4O2.HI/c1-17(2,3)24-16(23)21-9-10-22-14(12-21)11-19-15(22)20-13-18(4)7-5-6-8-18;/h14H,5-13H2,1-4H3,(H,19,20);1H. The molecular weight excluding hydrogens is 431 g/mol. The van der Waals surface area contributed by atoms with Gasteiger partial charge in [-0.3, -0.25) is 4.99 Å². The monoisotopic (exact) mass is 464 g/mol. The van der Waals surface area contributed by atoms with E-state index in [2.05, 4.69) is 17.1 Å². The maximum atomic E-state index is 12.3. The number of aliphatic imine (C=N–C) groups is 1. The summed E-state index contributed by atoms with van der Waals surface area (Å²) >= 11 is 0. The van der Waals surface area contributed by atoms with Crippen LogP contribution < -0.4 is 5.32 Å². The summed E-state index contributed by atoms with van der Waals surface area (Å²) in [6.07, 6.45) is 5.11. The van der Waals surface area contributed by atoms with E-state index in [0.29, 0.717) is 18.5 Å². The Labute approximate surface area is 168 Å². The molecule has 0 aromatic carbocycles. The van der Waals surface area contributed by atoms with Crippen LogP contribution in [0.25, 0.3) is 0 Å². The van der Waals surface area contributed by atoms with Crippen molar-refractivity contribution >= 4 is 36.0 Å². The molecule has 6 nitrogen and oxygen atoms in total. The number of carbonyl (C=O) groups is 1. The SMILES string of the molecule is CC1(CNC2=NCC3CN(C(=O)OC(C)(C)C)CCN23)CCCC1.I. The third-order valence-corrected chi connectivity index (χ3v) is 5.34. The number of guanidine groups is 1. The highest BCUT2D eigenvalue weighted by Gasteiger charge is 2.37. The van der Waals surface area contributed by atoms with Gasteiger partial charge in [-0.25, -0.2) is 4.79 Å². The van der Waals surface area contributed by atoms with Gasteiger partial charge in [-0.1, -0.05) is 19.8 Å². The minimum Gasteiger partial charge on any atom is -0.444 e. The fourth-order valence-electron chi connectivity index (χ4n) is 3.92. The predicted octanol–water partition coefficient (Wildman–Crippen LogP) is 3.07. The van der Waals surface area contributed by atoms with Crippen molar-refractivity contribution in [1.82, 2.24) is 15.1 Å². The van der Waals surface area contributed by atoms with Crippen LogP contribution in [0, 0.1) is 5.41 Å². The lowest BCUT2D eigenvalue weighted by Gasteiger charge is -2.39. The first kappa shape index (κ1) is 20.6. The highest BCUT2D eigenvalue weighted by atomic mass is 127. The third kappa shape index (κ3) is 5.14. The van der Waals surface area contributed by atoms with Crippen LogP contribution in [0.2, 0.25) is 0 Å². The van der Waals surface area contributed by atoms with Crippen LogP contribution in [-0.4, -0.2) is 66.2 Å². The van der Waals surface area contributed by atoms with Crippen LogP contribution >= 0.6 is 24.0 Å². The average molecular weight is 464 g/mol. The van der Waals surface area contributed by atoms with E-state index in [1.807, 2.05) is 25.7 Å². The molecule has 1 atom stereocenters. The van der Waals surface area contributed by atoms with Gasteiger partial charge in [-0.05, 0) is 39.0 Å². The van der Waals surface area contributed by atoms with Gasteiger partial charge in [0.05, 0.1) is 12.6 Å². The fraction of sp³-hybridized carbons (Fsp3) is 0.889. The van der Waals surface area contributed by atoms with E-state index in [9.17, 15) is 4.79 Å². The fourth-order valence-corrected chi connectivity index (χ4v) is 3.92. The second-order valence-electron chi connectivity index (χ2n) is 8.81. The molecule has 2 aliphatic heterocycles. The van der Waals surface area contributed by atoms with Gasteiger partial charge >= 0.3 is 6.09 Å². The number of fused-ring (bicyclic) bond motifs is 1. The molecule has 0 aromatic heterocycles. The number of nitrogens with one attached hydrogen (secondary N) is 1. The number of rotatable bonds is 2. The summed E-state index contributed by atoms with van der Waals surface area (Å²) in [7, 11) is 0. The predicted molar refractivity (Wildman–Crippen MR) is 111 cm³/mol. The quantitative estimate of drug-likeness (QED) is 0.639. The molecule has 2 heterocycles. The average Bonchev–Trinajstić information content (AvgIpc) is 3.09. The molecule has 0 radical (unpaired) electrons. The number of halogens is 1. The summed E-state index contributed by atoms with van der Waals surface area (Å²) < 4.78 is 5.50. The largest absolute Gasteiger partial charge is 0.444 e. The van der Waals surface area contributed by atoms with E-state index in [4.69, 9.17) is 9.73 Å². The van der Waals surface area contributed by atoms with Crippen molar-refractivity contribution in [2.45, 2.75) is 65.0 Å². The second-order valence-corrected chi connectivity index (χ2v) is 8.81. The van der Waals surface area contributed by atoms with E-state index in [-0.39, 0.29) is 36.1 Å². The van der Waals surface area contributed by atoms with Gasteiger partial charge in [-0.2, -0.15) is 0 Å². The zero-order valence-electron chi connectivity index (χ0n) is 16.0. The lowest BCUT2D eigenvalue weighted by atomic mass is 9.89. The zero-order valence-corrected chi connectivity index (χ0v) is 18.3. The molecular formula is C18H33IN4O2. The van der Waals surface area contributed by atoms with Gasteiger partial charge in [0, 0.05) is 26.2 Å². The van der Waals surface area contributed by atoms with Gasteiger partial charge in [0.1, 0.15) is 5.60 Å². The van der Waals surface area contributed by atoms with Gasteiger partial charge in [0.2, 0.25) is 0 Å². The Morgan fingerprint density at radius 3 is 2.64 bits per heavy atom. The van der Waals surface area contributed by atoms with Crippen LogP contribution in [0.15, 0.2) is 4.99 Å². The molecule has 0 spiro atoms. The number of piperazine rings is 1. The van der Waals surface area contributed by atoms with E-state index < -0.39 is 5.60 Å². The van der Waals surface area contributed by atoms with Crippen LogP contribution in [0.3, 0.4) is 0 Å². The molecule has 1 amide bonds. The first-order chi connectivity index (χ1) is 11.3. The Hall–Kier alpha value is -0.730. The molecule has 3 rings (SSSR count). The molecule has 1 saturated carbocycles. The maximum absolute atomic E-state index is 12.3. The molecule has 2 fully saturated rings. The first-order valence-electron chi connectivity index (χ1n) is 9.29. The summed E-state index contributed by atoms with van der Waals surface area (Å²) in [6, 6.07) is 0.283. The molecule has 1 N–H and O–H groups in total. The zero-order chi connectivity index (χ0) is 17.4. The summed E-state index contributed by atoms with van der Waals surface area (Å²) in [4.78, 5) is 21.1. The lowest BCUT2D eigenvalue weighted by Crippen LogP contribution is -2.58. The van der Waals surface area contributed by atoms with Gasteiger partial charge in [0.25, 0.3) is 0 Å². The van der Waals surface area contributed by atoms with E-state index in [1.54, 1.807) is 0 Å². The molecule has 0 bridgehead atoms. The van der Waals surface area contributed by atoms with E-state index in [1.165, 1.54) is 25.7 Å². The van der Waals surface area contributed by atoms with Crippen molar-refractivity contribution in [3.05, 3.63) is 0 Å². The molecule has 25 heavy (non-hydrogen) atoms. The molecule has 3 aliphatic rings. The van der Waals surface area contributed by atoms with Gasteiger partial charge < -0.3 is 19.9 Å². The minimum absolute atomic E-state index is 0. The number of hydrogen-bond acceptors (Lipinski definition) is 5. The molecule has 7 heteroatoms. The lowest BCUT2D eigenvalue weighted by molar-refractivity contribution is 0.0137. The first-order valence-corrected chi connectivity index (χ1v) is 9.29. The smallest absolute Gasteiger partial charge is 0.410 e. The van der Waals surface area contributed by atoms with Crippen LogP contribution in [0.1, 0.15) is 53.4 Å². The number of amides is 1. The Bertz CT molecular complexity index is 512. The van der Waals surface area contributed by atoms with Gasteiger partial charge in [0.15, 0.2) is 5.96 Å². The Morgan fingerprint density at radius 2 is 2.00 bits per heavy atom. The molecule has 0 aromatic rings. The van der Waals surface area contributed by atoms with Crippen LogP contribution in [-0.2, 0) is 4.74 Å². The van der Waals surface area contributed by atoms with Crippen LogP contribution in [0.5, 0.6) is 0 Å². The minimum atomic E-state index is -0.441. The van der Waals surface area contributed by atoms with Crippen molar-refractivity contribution < 1.29 is 9.53 Å². The van der Waals surface area contributed by atoms with E-state index in [0.717, 1.165) is 25.6 Å². The number of nitrogens with zero attached hydrogens (tertiary/aromatic N) is 3. The van der Waals surface area contributed by atoms with Crippen molar-refractivity contribution in [1.29, 1.82) is 0 Å². The van der Waals surface area contributed by atoms with Crippen LogP contribution in [0.4, 0.5) is 4.79 Å². The summed E-state index contributed by atoms with van der Waals surface area (Å²) in [5, 5.41) is 3.59. The summed E-state index contributed by atoms with van der Waals surface area (Å²) in [5.74, 6) is 1.02. The Balaban J connectivity index is 0.00000225. The molecule has 1 saturated heterocycles. The normalized spacial score (nSPS) is 25.1. The highest BCUT2D eigenvalue weighted by molar-refractivity contribution is 14.0. The number of hydrogen-bond donors (Lipinski definition) is 1. The Morgan fingerprint density at radius 1 is 1.32 bits per heavy atom. The van der Waals surface area contributed by atoms with Crippen molar-refractivity contribution in [2.75, 3.05) is 32.7 Å². The highest BCUT2D eigenvalue weighted by Crippen LogP contribution is 2.36. The molecule has 1 aliphatic carbocycles. The summed E-state index contributed by atoms with van der Waals surface area (Å²) in [5.41, 5.74) is -0.0250. The Kier molecular flexibility index (Phi) is 6.49. The number of ether oxygens (including phenoxy) is 1. The third-order valence-electron chi connectivity index (χ3n) is 5.34. The molecule has 1 unspecified atom stereocenters. The second kappa shape index (κ2) is 7.88. The van der Waals surface area contributed by atoms with E-state index >= 15 is 0 Å². The van der Waals surface area contributed by atoms with Crippen molar-refractivity contribution in [3.63, 3.8) is 0 Å².